The van der Waals surface area contributed by atoms with Gasteiger partial charge in [0.25, 0.3) is 5.69 Å². The van der Waals surface area contributed by atoms with Gasteiger partial charge in [0.05, 0.1) is 11.0 Å². The van der Waals surface area contributed by atoms with Crippen molar-refractivity contribution >= 4 is 11.7 Å². The van der Waals surface area contributed by atoms with Crippen LogP contribution in [0.4, 0.5) is 5.69 Å². The standard InChI is InChI=1S/C14H19NO5/c1-9-6-7-11(15(17)18)8-12(9)19-10(2)13(16)20-14(3,4)5/h6-8,10H,1-5H3. The van der Waals surface area contributed by atoms with Gasteiger partial charge in [-0.3, -0.25) is 10.1 Å². The van der Waals surface area contributed by atoms with Crippen LogP contribution >= 0.6 is 0 Å². The molecule has 20 heavy (non-hydrogen) atoms. The molecule has 0 N–H and O–H groups in total. The minimum absolute atomic E-state index is 0.0815. The Morgan fingerprint density at radius 1 is 1.35 bits per heavy atom. The summed E-state index contributed by atoms with van der Waals surface area (Å²) in [6, 6.07) is 4.27. The second kappa shape index (κ2) is 5.90. The zero-order chi connectivity index (χ0) is 15.5. The van der Waals surface area contributed by atoms with Gasteiger partial charge in [-0.15, -0.1) is 0 Å². The van der Waals surface area contributed by atoms with E-state index >= 15 is 0 Å². The summed E-state index contributed by atoms with van der Waals surface area (Å²) in [6.45, 7) is 8.58. The SMILES string of the molecule is Cc1ccc([N+](=O)[O-])cc1OC(C)C(=O)OC(C)(C)C. The summed E-state index contributed by atoms with van der Waals surface area (Å²) in [4.78, 5) is 22.0. The Kier molecular flexibility index (Phi) is 4.70. The predicted molar refractivity (Wildman–Crippen MR) is 73.8 cm³/mol. The number of ether oxygens (including phenoxy) is 2. The Balaban J connectivity index is 2.85. The highest BCUT2D eigenvalue weighted by atomic mass is 16.6. The smallest absolute Gasteiger partial charge is 0.347 e. The van der Waals surface area contributed by atoms with Crippen LogP contribution in [-0.2, 0) is 9.53 Å². The van der Waals surface area contributed by atoms with Gasteiger partial charge in [0.1, 0.15) is 11.4 Å². The van der Waals surface area contributed by atoms with Gasteiger partial charge < -0.3 is 9.47 Å². The van der Waals surface area contributed by atoms with Crippen LogP contribution in [0.1, 0.15) is 33.3 Å². The fourth-order valence-corrected chi connectivity index (χ4v) is 1.45. The second-order valence-electron chi connectivity index (χ2n) is 5.50. The summed E-state index contributed by atoms with van der Waals surface area (Å²) >= 11 is 0. The molecule has 1 unspecified atom stereocenters. The average Bonchev–Trinajstić information content (AvgIpc) is 2.29. The van der Waals surface area contributed by atoms with E-state index < -0.39 is 22.6 Å². The number of aryl methyl sites for hydroxylation is 1. The number of benzene rings is 1. The molecule has 0 aromatic heterocycles. The first-order valence-electron chi connectivity index (χ1n) is 6.25. The van der Waals surface area contributed by atoms with E-state index in [1.54, 1.807) is 40.7 Å². The number of non-ortho nitro benzene ring substituents is 1. The number of nitro groups is 1. The molecule has 0 aliphatic heterocycles. The van der Waals surface area contributed by atoms with Gasteiger partial charge in [0.2, 0.25) is 0 Å². The van der Waals surface area contributed by atoms with Crippen LogP contribution in [0.2, 0.25) is 0 Å². The van der Waals surface area contributed by atoms with Gasteiger partial charge in [-0.25, -0.2) is 4.79 Å². The molecule has 0 saturated heterocycles. The number of hydrogen-bond acceptors (Lipinski definition) is 5. The number of nitro benzene ring substituents is 1. The Labute approximate surface area is 117 Å². The first-order chi connectivity index (χ1) is 9.10. The minimum atomic E-state index is -0.838. The molecular weight excluding hydrogens is 262 g/mol. The van der Waals surface area contributed by atoms with Gasteiger partial charge in [0, 0.05) is 6.07 Å². The number of carbonyl (C=O) groups excluding carboxylic acids is 1. The van der Waals surface area contributed by atoms with Crippen molar-refractivity contribution in [3.63, 3.8) is 0 Å². The molecule has 1 aromatic rings. The third-order valence-electron chi connectivity index (χ3n) is 2.42. The highest BCUT2D eigenvalue weighted by Crippen LogP contribution is 2.25. The van der Waals surface area contributed by atoms with Gasteiger partial charge in [-0.2, -0.15) is 0 Å². The van der Waals surface area contributed by atoms with Gasteiger partial charge in [0.15, 0.2) is 6.10 Å². The van der Waals surface area contributed by atoms with Crippen LogP contribution in [-0.4, -0.2) is 22.6 Å². The summed E-state index contributed by atoms with van der Waals surface area (Å²) in [7, 11) is 0. The zero-order valence-electron chi connectivity index (χ0n) is 12.3. The normalized spacial score (nSPS) is 12.7. The zero-order valence-corrected chi connectivity index (χ0v) is 12.3. The summed E-state index contributed by atoms with van der Waals surface area (Å²) < 4.78 is 10.7. The first-order valence-corrected chi connectivity index (χ1v) is 6.25. The molecule has 0 heterocycles. The molecule has 0 bridgehead atoms. The molecule has 0 aliphatic carbocycles. The third-order valence-corrected chi connectivity index (χ3v) is 2.42. The summed E-state index contributed by atoms with van der Waals surface area (Å²) in [5, 5.41) is 10.7. The number of hydrogen-bond donors (Lipinski definition) is 0. The Hall–Kier alpha value is -2.11. The Bertz CT molecular complexity index is 519. The van der Waals surface area contributed by atoms with Crippen LogP contribution in [0.3, 0.4) is 0 Å². The molecule has 1 rings (SSSR count). The number of esters is 1. The van der Waals surface area contributed by atoms with Crippen LogP contribution < -0.4 is 4.74 Å². The van der Waals surface area contributed by atoms with Crippen molar-refractivity contribution in [2.75, 3.05) is 0 Å². The lowest BCUT2D eigenvalue weighted by Crippen LogP contribution is -2.33. The van der Waals surface area contributed by atoms with E-state index in [2.05, 4.69) is 0 Å². The summed E-state index contributed by atoms with van der Waals surface area (Å²) in [5.74, 6) is -0.207. The molecule has 0 amide bonds. The lowest BCUT2D eigenvalue weighted by atomic mass is 10.2. The Morgan fingerprint density at radius 2 is 1.95 bits per heavy atom. The molecule has 110 valence electrons. The number of carbonyl (C=O) groups is 1. The molecule has 0 fully saturated rings. The lowest BCUT2D eigenvalue weighted by Gasteiger charge is -2.23. The first kappa shape index (κ1) is 15.9. The quantitative estimate of drug-likeness (QED) is 0.481. The van der Waals surface area contributed by atoms with E-state index in [0.717, 1.165) is 0 Å². The van der Waals surface area contributed by atoms with Gasteiger partial charge in [-0.1, -0.05) is 0 Å². The van der Waals surface area contributed by atoms with E-state index in [0.29, 0.717) is 11.3 Å². The van der Waals surface area contributed by atoms with Crippen LogP contribution in [0, 0.1) is 17.0 Å². The fraction of sp³-hybridized carbons (Fsp3) is 0.500. The average molecular weight is 281 g/mol. The van der Waals surface area contributed by atoms with Crippen molar-refractivity contribution in [1.29, 1.82) is 0 Å². The third kappa shape index (κ3) is 4.53. The number of nitrogens with zero attached hydrogens (tertiary/aromatic N) is 1. The molecule has 0 saturated carbocycles. The number of rotatable bonds is 4. The highest BCUT2D eigenvalue weighted by Gasteiger charge is 2.24. The van der Waals surface area contributed by atoms with E-state index in [-0.39, 0.29) is 5.69 Å². The highest BCUT2D eigenvalue weighted by molar-refractivity contribution is 5.75. The summed E-state index contributed by atoms with van der Waals surface area (Å²) in [5.41, 5.74) is 0.0277. The monoisotopic (exact) mass is 281 g/mol. The van der Waals surface area contributed by atoms with Crippen molar-refractivity contribution in [1.82, 2.24) is 0 Å². The van der Waals surface area contributed by atoms with E-state index in [9.17, 15) is 14.9 Å². The van der Waals surface area contributed by atoms with E-state index in [4.69, 9.17) is 9.47 Å². The van der Waals surface area contributed by atoms with Gasteiger partial charge >= 0.3 is 5.97 Å². The molecule has 6 nitrogen and oxygen atoms in total. The van der Waals surface area contributed by atoms with Crippen LogP contribution in [0.15, 0.2) is 18.2 Å². The predicted octanol–water partition coefficient (Wildman–Crippen LogP) is 3.01. The second-order valence-corrected chi connectivity index (χ2v) is 5.50. The maximum atomic E-state index is 11.8. The van der Waals surface area contributed by atoms with Crippen LogP contribution in [0.5, 0.6) is 5.75 Å². The van der Waals surface area contributed by atoms with Crippen molar-refractivity contribution in [3.8, 4) is 5.75 Å². The molecule has 0 spiro atoms. The molecule has 1 aromatic carbocycles. The minimum Gasteiger partial charge on any atom is -0.478 e. The maximum absolute atomic E-state index is 11.8. The van der Waals surface area contributed by atoms with Crippen LogP contribution in [0.25, 0.3) is 0 Å². The molecule has 6 heteroatoms. The van der Waals surface area contributed by atoms with Crippen molar-refractivity contribution < 1.29 is 19.2 Å². The van der Waals surface area contributed by atoms with Crippen molar-refractivity contribution in [3.05, 3.63) is 33.9 Å². The van der Waals surface area contributed by atoms with Crippen molar-refractivity contribution in [2.45, 2.75) is 46.3 Å². The molecule has 0 radical (unpaired) electrons. The van der Waals surface area contributed by atoms with Crippen molar-refractivity contribution in [2.24, 2.45) is 0 Å². The topological polar surface area (TPSA) is 78.7 Å². The van der Waals surface area contributed by atoms with Gasteiger partial charge in [-0.05, 0) is 46.2 Å². The largest absolute Gasteiger partial charge is 0.478 e. The Morgan fingerprint density at radius 3 is 2.45 bits per heavy atom. The molecular formula is C14H19NO5. The molecule has 0 aliphatic rings. The maximum Gasteiger partial charge on any atom is 0.347 e. The molecule has 1 atom stereocenters. The fourth-order valence-electron chi connectivity index (χ4n) is 1.45. The summed E-state index contributed by atoms with van der Waals surface area (Å²) in [6.07, 6.45) is -0.838. The van der Waals surface area contributed by atoms with E-state index in [1.807, 2.05) is 0 Å². The van der Waals surface area contributed by atoms with E-state index in [1.165, 1.54) is 12.1 Å². The lowest BCUT2D eigenvalue weighted by molar-refractivity contribution is -0.385.